The van der Waals surface area contributed by atoms with E-state index in [0.717, 1.165) is 64.8 Å². The summed E-state index contributed by atoms with van der Waals surface area (Å²) in [7, 11) is 2.60. The van der Waals surface area contributed by atoms with Gasteiger partial charge in [-0.15, -0.1) is 0 Å². The number of amides is 4. The Labute approximate surface area is 336 Å². The van der Waals surface area contributed by atoms with Crippen LogP contribution in [0.3, 0.4) is 0 Å². The summed E-state index contributed by atoms with van der Waals surface area (Å²) in [6.45, 7) is 7.68. The van der Waals surface area contributed by atoms with E-state index < -0.39 is 24.3 Å². The number of nitrogens with one attached hydrogen (secondary N) is 3. The number of hydrogen-bond donors (Lipinski definition) is 3. The van der Waals surface area contributed by atoms with Crippen LogP contribution in [0.5, 0.6) is 0 Å². The van der Waals surface area contributed by atoms with Crippen LogP contribution < -0.4 is 10.6 Å². The van der Waals surface area contributed by atoms with Gasteiger partial charge in [0, 0.05) is 24.2 Å². The molecule has 2 saturated heterocycles. The van der Waals surface area contributed by atoms with Gasteiger partial charge in [-0.05, 0) is 90.3 Å². The number of alkyl carbamates (subject to hydrolysis) is 2. The summed E-state index contributed by atoms with van der Waals surface area (Å²) in [6, 6.07) is 11.0. The van der Waals surface area contributed by atoms with Crippen LogP contribution in [-0.2, 0) is 25.5 Å². The van der Waals surface area contributed by atoms with Gasteiger partial charge in [0.05, 0.1) is 61.1 Å². The molecule has 0 radical (unpaired) electrons. The summed E-state index contributed by atoms with van der Waals surface area (Å²) in [6.07, 6.45) is 6.55. The zero-order valence-corrected chi connectivity index (χ0v) is 33.6. The summed E-state index contributed by atoms with van der Waals surface area (Å²) < 4.78 is 9.61. The third kappa shape index (κ3) is 6.73. The molecule has 2 aromatic heterocycles. The van der Waals surface area contributed by atoms with E-state index in [1.165, 1.54) is 14.2 Å². The van der Waals surface area contributed by atoms with Crippen LogP contribution in [0.2, 0.25) is 0 Å². The number of aromatic amines is 1. The first-order valence-electron chi connectivity index (χ1n) is 20.3. The van der Waals surface area contributed by atoms with E-state index in [1.807, 2.05) is 61.8 Å². The molecule has 15 nitrogen and oxygen atoms in total. The van der Waals surface area contributed by atoms with Crippen molar-refractivity contribution in [2.24, 2.45) is 28.7 Å². The Bertz CT molecular complexity index is 2360. The number of hydrogen-bond acceptors (Lipinski definition) is 10. The predicted octanol–water partition coefficient (Wildman–Crippen LogP) is 5.73. The minimum atomic E-state index is -0.699. The van der Waals surface area contributed by atoms with Crippen molar-refractivity contribution in [2.45, 2.75) is 96.1 Å². The first-order valence-corrected chi connectivity index (χ1v) is 20.3. The lowest BCUT2D eigenvalue weighted by atomic mass is 9.97. The monoisotopic (exact) mass is 787 g/mol. The number of fused-ring (bicyclic) bond motifs is 4. The van der Waals surface area contributed by atoms with E-state index in [9.17, 15) is 19.2 Å². The Morgan fingerprint density at radius 2 is 1.34 bits per heavy atom. The molecular weight excluding hydrogens is 739 g/mol. The van der Waals surface area contributed by atoms with Crippen molar-refractivity contribution in [1.29, 1.82) is 0 Å². The third-order valence-corrected chi connectivity index (χ3v) is 12.7. The summed E-state index contributed by atoms with van der Waals surface area (Å²) in [5.74, 6) is 1.18. The molecule has 2 saturated carbocycles. The summed E-state index contributed by atoms with van der Waals surface area (Å²) >= 11 is 0. The normalized spacial score (nSPS) is 24.9. The molecule has 1 unspecified atom stereocenters. The van der Waals surface area contributed by atoms with E-state index in [4.69, 9.17) is 29.4 Å². The van der Waals surface area contributed by atoms with E-state index in [-0.39, 0.29) is 47.8 Å². The molecule has 15 heteroatoms. The van der Waals surface area contributed by atoms with Crippen LogP contribution in [-0.4, -0.2) is 104 Å². The van der Waals surface area contributed by atoms with Gasteiger partial charge in [-0.1, -0.05) is 39.8 Å². The van der Waals surface area contributed by atoms with Crippen molar-refractivity contribution in [3.8, 4) is 22.5 Å². The molecule has 2 aliphatic carbocycles. The molecular formula is C43H49N9O6. The number of likely N-dealkylation sites (tertiary alicyclic amines) is 2. The van der Waals surface area contributed by atoms with Crippen LogP contribution >= 0.6 is 0 Å². The van der Waals surface area contributed by atoms with Crippen LogP contribution in [0.1, 0.15) is 70.8 Å². The number of rotatable bonds is 10. The van der Waals surface area contributed by atoms with Crippen LogP contribution in [0.25, 0.3) is 33.5 Å². The number of ether oxygens (including phenoxy) is 2. The number of benzene rings is 2. The quantitative estimate of drug-likeness (QED) is 0.181. The highest BCUT2D eigenvalue weighted by atomic mass is 16.5. The second-order valence-electron chi connectivity index (χ2n) is 17.1. The molecule has 2 aromatic carbocycles. The number of piperidine rings is 2. The minimum absolute atomic E-state index is 0.0713. The maximum absolute atomic E-state index is 13.9. The fourth-order valence-electron chi connectivity index (χ4n) is 9.36. The molecule has 58 heavy (non-hydrogen) atoms. The van der Waals surface area contributed by atoms with Crippen molar-refractivity contribution in [1.82, 2.24) is 40.4 Å². The Morgan fingerprint density at radius 1 is 0.741 bits per heavy atom. The molecule has 3 aliphatic heterocycles. The van der Waals surface area contributed by atoms with Crippen molar-refractivity contribution in [2.75, 3.05) is 14.2 Å². The zero-order chi connectivity index (χ0) is 40.6. The lowest BCUT2D eigenvalue weighted by Crippen LogP contribution is -2.55. The predicted molar refractivity (Wildman–Crippen MR) is 215 cm³/mol. The van der Waals surface area contributed by atoms with Crippen molar-refractivity contribution in [3.05, 3.63) is 60.2 Å². The fourth-order valence-corrected chi connectivity index (χ4v) is 9.36. The van der Waals surface area contributed by atoms with Gasteiger partial charge in [-0.3, -0.25) is 19.6 Å². The molecule has 0 bridgehead atoms. The standard InChI is InChI=1S/C43H49N9O6/c1-20(2)37(49-42(55)57-5)40(53)51-33-14-25(33)16-35(51)30-13-24-11-22(7-9-27(24)46-30)23-8-10-28-29(12-23)44-18-31(47-28)32-19-45-39(48-32)36-17-26-15-34(26)52(36)41(54)38(21(3)4)50-43(56)58-6/h7-12,18-21,25-26,33-38H,13-17H2,1-6H3,(H,45,48)(H,49,55)(H,50,56)/t25-,26-,33-,34-,35?,36+,37+,38+/m1/s1. The SMILES string of the molecule is COC(=O)N[C@H](C(=O)N1C(C2=Nc3ccc(-c4ccc5nc(-c6cnc([C@@H]7C[C@H]8C[C@H]8N7C(=O)[C@@H](NC(=O)OC)C(C)C)[nH]6)cnc5c4)cc3C2)C[C@H]2C[C@H]21)C(C)C. The lowest BCUT2D eigenvalue weighted by Gasteiger charge is -2.32. The summed E-state index contributed by atoms with van der Waals surface area (Å²) in [4.78, 5) is 78.6. The second-order valence-corrected chi connectivity index (χ2v) is 17.1. The summed E-state index contributed by atoms with van der Waals surface area (Å²) in [5, 5.41) is 5.49. The van der Waals surface area contributed by atoms with Gasteiger partial charge in [0.2, 0.25) is 11.8 Å². The highest BCUT2D eigenvalue weighted by Gasteiger charge is 2.57. The Morgan fingerprint density at radius 3 is 1.98 bits per heavy atom. The van der Waals surface area contributed by atoms with Crippen LogP contribution in [0.15, 0.2) is 53.8 Å². The van der Waals surface area contributed by atoms with E-state index >= 15 is 0 Å². The number of aliphatic imine (C=N–C) groups is 1. The topological polar surface area (TPSA) is 184 Å². The Hall–Kier alpha value is -5.86. The van der Waals surface area contributed by atoms with Crippen molar-refractivity contribution >= 4 is 46.4 Å². The third-order valence-electron chi connectivity index (χ3n) is 12.7. The number of methoxy groups -OCH3 is 2. The number of carbonyl (C=O) groups excluding carboxylic acids is 4. The Kier molecular flexibility index (Phi) is 9.43. The first-order chi connectivity index (χ1) is 27.9. The number of H-pyrrole nitrogens is 1. The Balaban J connectivity index is 0.894. The molecule has 8 atom stereocenters. The van der Waals surface area contributed by atoms with Gasteiger partial charge in [-0.25, -0.2) is 19.6 Å². The molecule has 4 aromatic rings. The maximum Gasteiger partial charge on any atom is 0.407 e. The van der Waals surface area contributed by atoms with Gasteiger partial charge in [0.1, 0.15) is 23.6 Å². The fraction of sp³-hybridized carbons (Fsp3) is 0.488. The average Bonchev–Trinajstić information content (AvgIpc) is 3.84. The van der Waals surface area contributed by atoms with E-state index in [2.05, 4.69) is 27.8 Å². The number of nitrogens with zero attached hydrogens (tertiary/aromatic N) is 6. The highest BCUT2D eigenvalue weighted by Crippen LogP contribution is 2.53. The summed E-state index contributed by atoms with van der Waals surface area (Å²) in [5.41, 5.74) is 7.93. The number of aromatic nitrogens is 4. The molecule has 302 valence electrons. The number of carbonyl (C=O) groups is 4. The second kappa shape index (κ2) is 14.5. The highest BCUT2D eigenvalue weighted by molar-refractivity contribution is 6.02. The van der Waals surface area contributed by atoms with Gasteiger partial charge >= 0.3 is 12.2 Å². The molecule has 4 fully saturated rings. The minimum Gasteiger partial charge on any atom is -0.453 e. The first kappa shape index (κ1) is 37.7. The van der Waals surface area contributed by atoms with Gasteiger partial charge in [0.25, 0.3) is 0 Å². The zero-order valence-electron chi connectivity index (χ0n) is 33.6. The molecule has 9 rings (SSSR count). The van der Waals surface area contributed by atoms with E-state index in [0.29, 0.717) is 35.5 Å². The molecule has 4 amide bonds. The molecule has 3 N–H and O–H groups in total. The van der Waals surface area contributed by atoms with Crippen molar-refractivity contribution < 1.29 is 28.7 Å². The smallest absolute Gasteiger partial charge is 0.407 e. The van der Waals surface area contributed by atoms with Crippen molar-refractivity contribution in [3.63, 3.8) is 0 Å². The molecule has 0 spiro atoms. The van der Waals surface area contributed by atoms with Gasteiger partial charge in [0.15, 0.2) is 0 Å². The van der Waals surface area contributed by atoms with Gasteiger partial charge < -0.3 is 34.9 Å². The van der Waals surface area contributed by atoms with E-state index in [1.54, 1.807) is 12.4 Å². The van der Waals surface area contributed by atoms with Crippen LogP contribution in [0, 0.1) is 23.7 Å². The number of imidazole rings is 1. The molecule has 5 heterocycles. The van der Waals surface area contributed by atoms with Gasteiger partial charge in [-0.2, -0.15) is 0 Å². The average molecular weight is 788 g/mol. The lowest BCUT2D eigenvalue weighted by molar-refractivity contribution is -0.137. The largest absolute Gasteiger partial charge is 0.453 e. The molecule has 5 aliphatic rings. The maximum atomic E-state index is 13.9. The van der Waals surface area contributed by atoms with Crippen LogP contribution in [0.4, 0.5) is 15.3 Å².